The number of ether oxygens (including phenoxy) is 1. The van der Waals surface area contributed by atoms with E-state index >= 15 is 0 Å². The minimum absolute atomic E-state index is 0.0623. The third-order valence-corrected chi connectivity index (χ3v) is 6.29. The Hall–Kier alpha value is -2.10. The van der Waals surface area contributed by atoms with Crippen molar-refractivity contribution < 1.29 is 14.1 Å². The number of hydrogen-bond donors (Lipinski definition) is 0. The van der Waals surface area contributed by atoms with Crippen molar-refractivity contribution in [2.45, 2.75) is 68.7 Å². The summed E-state index contributed by atoms with van der Waals surface area (Å²) in [5.41, 5.74) is -0.626. The molecule has 2 aliphatic carbocycles. The summed E-state index contributed by atoms with van der Waals surface area (Å²) in [7, 11) is 1.42. The van der Waals surface area contributed by atoms with Gasteiger partial charge in [-0.3, -0.25) is 0 Å². The number of methoxy groups -OCH3 is 1. The number of nitriles is 1. The van der Waals surface area contributed by atoms with Gasteiger partial charge in [-0.05, 0) is 38.0 Å². The van der Waals surface area contributed by atoms with Gasteiger partial charge in [-0.1, -0.05) is 24.4 Å². The van der Waals surface area contributed by atoms with Crippen molar-refractivity contribution in [2.75, 3.05) is 13.7 Å². The first kappa shape index (κ1) is 16.4. The number of rotatable bonds is 2. The molecule has 7 nitrogen and oxygen atoms in total. The molecule has 5 rings (SSSR count). The van der Waals surface area contributed by atoms with E-state index in [4.69, 9.17) is 9.26 Å². The molecule has 0 N–H and O–H groups in total. The van der Waals surface area contributed by atoms with Gasteiger partial charge in [0, 0.05) is 18.5 Å². The summed E-state index contributed by atoms with van der Waals surface area (Å²) in [5, 5.41) is 13.9. The second-order valence-electron chi connectivity index (χ2n) is 7.69. The molecule has 1 amide bonds. The largest absolute Gasteiger partial charge is 0.453 e. The molecule has 0 aromatic carbocycles. The first-order chi connectivity index (χ1) is 12.2. The van der Waals surface area contributed by atoms with Gasteiger partial charge in [0.15, 0.2) is 5.82 Å². The van der Waals surface area contributed by atoms with Crippen molar-refractivity contribution in [1.82, 2.24) is 15.0 Å². The number of carbonyl (C=O) groups excluding carboxylic acids is 1. The normalized spacial score (nSPS) is 30.7. The monoisotopic (exact) mass is 344 g/mol. The maximum Gasteiger partial charge on any atom is 0.409 e. The number of hydrogen-bond acceptors (Lipinski definition) is 6. The molecule has 134 valence electrons. The summed E-state index contributed by atoms with van der Waals surface area (Å²) < 4.78 is 10.5. The second kappa shape index (κ2) is 6.32. The lowest BCUT2D eigenvalue weighted by Gasteiger charge is -2.48. The van der Waals surface area contributed by atoms with Crippen LogP contribution in [0.4, 0.5) is 4.79 Å². The van der Waals surface area contributed by atoms with E-state index in [0.717, 1.165) is 57.9 Å². The highest BCUT2D eigenvalue weighted by molar-refractivity contribution is 5.68. The molecular weight excluding hydrogens is 320 g/mol. The van der Waals surface area contributed by atoms with Crippen molar-refractivity contribution >= 4 is 6.09 Å². The van der Waals surface area contributed by atoms with Gasteiger partial charge in [-0.15, -0.1) is 0 Å². The van der Waals surface area contributed by atoms with E-state index in [2.05, 4.69) is 16.2 Å². The molecule has 1 aromatic heterocycles. The molecule has 2 saturated heterocycles. The van der Waals surface area contributed by atoms with Crippen LogP contribution in [-0.4, -0.2) is 40.8 Å². The van der Waals surface area contributed by atoms with Gasteiger partial charge in [0.1, 0.15) is 5.41 Å². The topological polar surface area (TPSA) is 92.2 Å². The van der Waals surface area contributed by atoms with Crippen LogP contribution in [0.15, 0.2) is 4.52 Å². The van der Waals surface area contributed by atoms with Crippen LogP contribution in [0.2, 0.25) is 0 Å². The van der Waals surface area contributed by atoms with Crippen molar-refractivity contribution in [3.8, 4) is 6.07 Å². The van der Waals surface area contributed by atoms with Gasteiger partial charge in [-0.25, -0.2) is 4.79 Å². The molecule has 25 heavy (non-hydrogen) atoms. The number of nitrogens with zero attached hydrogens (tertiary/aromatic N) is 4. The van der Waals surface area contributed by atoms with Crippen LogP contribution in [0.1, 0.15) is 69.0 Å². The summed E-state index contributed by atoms with van der Waals surface area (Å²) in [6.07, 6.45) is 7.54. The Morgan fingerprint density at radius 1 is 1.36 bits per heavy atom. The molecule has 1 aromatic rings. The SMILES string of the molecule is COC(=O)N1CC2CCC1C(c1noc(C3(C#N)CCCCC3)n1)C2. The highest BCUT2D eigenvalue weighted by Crippen LogP contribution is 2.45. The number of piperidine rings is 2. The molecule has 3 heterocycles. The summed E-state index contributed by atoms with van der Waals surface area (Å²) in [5.74, 6) is 1.65. The average Bonchev–Trinajstić information content (AvgIpc) is 3.19. The Morgan fingerprint density at radius 2 is 2.16 bits per heavy atom. The van der Waals surface area contributed by atoms with E-state index in [1.54, 1.807) is 0 Å². The van der Waals surface area contributed by atoms with E-state index in [0.29, 0.717) is 17.6 Å². The first-order valence-corrected chi connectivity index (χ1v) is 9.27. The molecule has 2 bridgehead atoms. The zero-order valence-corrected chi connectivity index (χ0v) is 14.6. The van der Waals surface area contributed by atoms with Crippen LogP contribution >= 0.6 is 0 Å². The quantitative estimate of drug-likeness (QED) is 0.818. The van der Waals surface area contributed by atoms with Gasteiger partial charge in [0.25, 0.3) is 0 Å². The predicted molar refractivity (Wildman–Crippen MR) is 87.7 cm³/mol. The molecular formula is C18H24N4O3. The van der Waals surface area contributed by atoms with E-state index < -0.39 is 5.41 Å². The zero-order valence-electron chi connectivity index (χ0n) is 14.6. The van der Waals surface area contributed by atoms with Crippen LogP contribution in [-0.2, 0) is 10.2 Å². The molecule has 2 saturated carbocycles. The number of aromatic nitrogens is 2. The fraction of sp³-hybridized carbons (Fsp3) is 0.778. The minimum atomic E-state index is -0.626. The van der Waals surface area contributed by atoms with Gasteiger partial charge < -0.3 is 14.2 Å². The third kappa shape index (κ3) is 2.68. The fourth-order valence-corrected chi connectivity index (χ4v) is 4.91. The van der Waals surface area contributed by atoms with Crippen LogP contribution in [0.5, 0.6) is 0 Å². The van der Waals surface area contributed by atoms with Crippen molar-refractivity contribution in [1.29, 1.82) is 5.26 Å². The molecule has 0 radical (unpaired) electrons. The van der Waals surface area contributed by atoms with Gasteiger partial charge in [-0.2, -0.15) is 10.2 Å². The summed E-state index contributed by atoms with van der Waals surface area (Å²) in [6.45, 7) is 0.751. The van der Waals surface area contributed by atoms with Crippen molar-refractivity contribution in [3.63, 3.8) is 0 Å². The number of amides is 1. The molecule has 0 spiro atoms. The molecule has 3 unspecified atom stereocenters. The van der Waals surface area contributed by atoms with E-state index in [-0.39, 0.29) is 18.1 Å². The van der Waals surface area contributed by atoms with Crippen molar-refractivity contribution in [3.05, 3.63) is 11.7 Å². The maximum absolute atomic E-state index is 12.1. The zero-order chi connectivity index (χ0) is 17.4. The number of carbonyl (C=O) groups is 1. The Kier molecular flexibility index (Phi) is 4.14. The number of fused-ring (bicyclic) bond motifs is 3. The summed E-state index contributed by atoms with van der Waals surface area (Å²) in [6, 6.07) is 2.50. The first-order valence-electron chi connectivity index (χ1n) is 9.27. The van der Waals surface area contributed by atoms with E-state index in [1.165, 1.54) is 7.11 Å². The Bertz CT molecular complexity index is 689. The molecule has 2 aliphatic heterocycles. The van der Waals surface area contributed by atoms with Gasteiger partial charge in [0.05, 0.1) is 13.2 Å². The van der Waals surface area contributed by atoms with Crippen LogP contribution in [0, 0.1) is 17.2 Å². The highest BCUT2D eigenvalue weighted by atomic mass is 16.5. The highest BCUT2D eigenvalue weighted by Gasteiger charge is 2.47. The lowest BCUT2D eigenvalue weighted by atomic mass is 9.72. The van der Waals surface area contributed by atoms with Crippen molar-refractivity contribution in [2.24, 2.45) is 5.92 Å². The van der Waals surface area contributed by atoms with Gasteiger partial charge >= 0.3 is 6.09 Å². The lowest BCUT2D eigenvalue weighted by Crippen LogP contribution is -2.54. The maximum atomic E-state index is 12.1. The lowest BCUT2D eigenvalue weighted by molar-refractivity contribution is 0.0235. The van der Waals surface area contributed by atoms with Crippen LogP contribution < -0.4 is 0 Å². The van der Waals surface area contributed by atoms with Crippen LogP contribution in [0.3, 0.4) is 0 Å². The summed E-state index contributed by atoms with van der Waals surface area (Å²) >= 11 is 0. The standard InChI is InChI=1S/C18H24N4O3/c1-24-17(23)22-10-12-5-6-14(22)13(9-12)15-20-16(25-21-15)18(11-19)7-3-2-4-8-18/h12-14H,2-10H2,1H3. The van der Waals surface area contributed by atoms with E-state index in [9.17, 15) is 10.1 Å². The van der Waals surface area contributed by atoms with Crippen LogP contribution in [0.25, 0.3) is 0 Å². The molecule has 3 atom stereocenters. The molecule has 7 heteroatoms. The Labute approximate surface area is 147 Å². The fourth-order valence-electron chi connectivity index (χ4n) is 4.91. The summed E-state index contributed by atoms with van der Waals surface area (Å²) in [4.78, 5) is 18.6. The third-order valence-electron chi connectivity index (χ3n) is 6.29. The molecule has 4 aliphatic rings. The minimum Gasteiger partial charge on any atom is -0.453 e. The Morgan fingerprint density at radius 3 is 2.84 bits per heavy atom. The predicted octanol–water partition coefficient (Wildman–Crippen LogP) is 3.13. The molecule has 4 fully saturated rings. The smallest absolute Gasteiger partial charge is 0.409 e. The van der Waals surface area contributed by atoms with E-state index in [1.807, 2.05) is 4.90 Å². The second-order valence-corrected chi connectivity index (χ2v) is 7.69. The Balaban J connectivity index is 1.60. The average molecular weight is 344 g/mol. The van der Waals surface area contributed by atoms with Gasteiger partial charge in [0.2, 0.25) is 5.89 Å².